The number of hydrogen-bond donors (Lipinski definition) is 2. The number of para-hydroxylation sites is 1. The van der Waals surface area contributed by atoms with Crippen LogP contribution in [0.2, 0.25) is 0 Å². The fourth-order valence-corrected chi connectivity index (χ4v) is 2.46. The van der Waals surface area contributed by atoms with Gasteiger partial charge in [-0.1, -0.05) is 30.3 Å². The Kier molecular flexibility index (Phi) is 4.94. The molecule has 3 rings (SSSR count). The fraction of sp³-hybridized carbons (Fsp3) is 0.211. The molecular formula is C19H20N2O2. The zero-order chi connectivity index (χ0) is 15.9. The van der Waals surface area contributed by atoms with E-state index in [1.807, 2.05) is 42.6 Å². The normalized spacial score (nSPS) is 10.6. The number of H-pyrrole nitrogens is 1. The van der Waals surface area contributed by atoms with Crippen LogP contribution in [0.3, 0.4) is 0 Å². The van der Waals surface area contributed by atoms with E-state index >= 15 is 0 Å². The van der Waals surface area contributed by atoms with Crippen LogP contribution in [0.25, 0.3) is 10.9 Å². The molecule has 118 valence electrons. The van der Waals surface area contributed by atoms with Gasteiger partial charge >= 0.3 is 0 Å². The minimum atomic E-state index is 0.0156. The van der Waals surface area contributed by atoms with Crippen LogP contribution in [0.15, 0.2) is 60.8 Å². The van der Waals surface area contributed by atoms with Crippen molar-refractivity contribution in [1.82, 2.24) is 10.3 Å². The first-order valence-corrected chi connectivity index (χ1v) is 7.82. The molecule has 0 bridgehead atoms. The molecule has 4 heteroatoms. The Bertz CT molecular complexity index is 765. The monoisotopic (exact) mass is 308 g/mol. The van der Waals surface area contributed by atoms with Crippen LogP contribution in [0.5, 0.6) is 5.75 Å². The molecule has 0 saturated carbocycles. The van der Waals surface area contributed by atoms with Gasteiger partial charge < -0.3 is 15.0 Å². The Hall–Kier alpha value is -2.75. The summed E-state index contributed by atoms with van der Waals surface area (Å²) in [5.74, 6) is 0.807. The Morgan fingerprint density at radius 3 is 2.83 bits per heavy atom. The number of carbonyl (C=O) groups is 1. The molecule has 0 spiro atoms. The number of rotatable bonds is 7. The molecule has 0 aliphatic heterocycles. The molecule has 0 saturated heterocycles. The molecule has 0 aliphatic rings. The van der Waals surface area contributed by atoms with E-state index in [2.05, 4.69) is 28.5 Å². The molecule has 23 heavy (non-hydrogen) atoms. The first-order chi connectivity index (χ1) is 11.3. The number of ether oxygens (including phenoxy) is 1. The number of amides is 1. The van der Waals surface area contributed by atoms with Crippen molar-refractivity contribution in [3.05, 3.63) is 66.4 Å². The number of nitrogens with one attached hydrogen (secondary N) is 2. The minimum absolute atomic E-state index is 0.0156. The van der Waals surface area contributed by atoms with Gasteiger partial charge in [-0.15, -0.1) is 0 Å². The highest BCUT2D eigenvalue weighted by Gasteiger charge is 2.02. The van der Waals surface area contributed by atoms with E-state index in [0.717, 1.165) is 17.7 Å². The number of aromatic nitrogens is 1. The maximum atomic E-state index is 11.8. The molecule has 1 heterocycles. The lowest BCUT2D eigenvalue weighted by Gasteiger charge is -2.07. The van der Waals surface area contributed by atoms with E-state index in [-0.39, 0.29) is 5.91 Å². The molecular weight excluding hydrogens is 288 g/mol. The summed E-state index contributed by atoms with van der Waals surface area (Å²) >= 11 is 0. The number of benzene rings is 2. The first kappa shape index (κ1) is 15.2. The maximum Gasteiger partial charge on any atom is 0.223 e. The van der Waals surface area contributed by atoms with E-state index in [0.29, 0.717) is 19.6 Å². The average molecular weight is 308 g/mol. The van der Waals surface area contributed by atoms with Crippen LogP contribution in [0.1, 0.15) is 12.0 Å². The highest BCUT2D eigenvalue weighted by molar-refractivity contribution is 5.80. The smallest absolute Gasteiger partial charge is 0.223 e. The minimum Gasteiger partial charge on any atom is -0.493 e. The molecule has 0 fully saturated rings. The average Bonchev–Trinajstić information content (AvgIpc) is 3.03. The third-order valence-electron chi connectivity index (χ3n) is 3.70. The lowest BCUT2D eigenvalue weighted by atomic mass is 10.1. The molecule has 2 aromatic carbocycles. The number of carbonyl (C=O) groups excluding carboxylic acids is 1. The Morgan fingerprint density at radius 1 is 1.09 bits per heavy atom. The number of aromatic amines is 1. The number of fused-ring (bicyclic) bond motifs is 1. The summed E-state index contributed by atoms with van der Waals surface area (Å²) in [6.45, 7) is 1.03. The predicted octanol–water partition coefficient (Wildman–Crippen LogP) is 3.30. The van der Waals surface area contributed by atoms with Crippen molar-refractivity contribution in [3.8, 4) is 5.75 Å². The standard InChI is InChI=1S/C19H20N2O2/c22-19(10-13-23-17-4-2-1-3-5-17)21-11-8-15-6-7-16-9-12-20-18(16)14-15/h1-7,9,12,14,20H,8,10-11,13H2,(H,21,22). The SMILES string of the molecule is O=C(CCOc1ccccc1)NCCc1ccc2cc[nH]c2c1. The predicted molar refractivity (Wildman–Crippen MR) is 91.6 cm³/mol. The van der Waals surface area contributed by atoms with Gasteiger partial charge in [0.05, 0.1) is 13.0 Å². The Morgan fingerprint density at radius 2 is 1.96 bits per heavy atom. The summed E-state index contributed by atoms with van der Waals surface area (Å²) in [6, 6.07) is 17.9. The maximum absolute atomic E-state index is 11.8. The van der Waals surface area contributed by atoms with Gasteiger partial charge in [0.2, 0.25) is 5.91 Å². The summed E-state index contributed by atoms with van der Waals surface area (Å²) in [5, 5.41) is 4.13. The van der Waals surface area contributed by atoms with Crippen molar-refractivity contribution in [3.63, 3.8) is 0 Å². The Balaban J connectivity index is 1.37. The molecule has 1 amide bonds. The summed E-state index contributed by atoms with van der Waals surface area (Å²) in [5.41, 5.74) is 2.34. The van der Waals surface area contributed by atoms with Gasteiger partial charge in [0.15, 0.2) is 0 Å². The van der Waals surface area contributed by atoms with Crippen molar-refractivity contribution in [2.75, 3.05) is 13.2 Å². The topological polar surface area (TPSA) is 54.1 Å². The lowest BCUT2D eigenvalue weighted by molar-refractivity contribution is -0.121. The summed E-state index contributed by atoms with van der Waals surface area (Å²) < 4.78 is 5.52. The Labute approximate surface area is 135 Å². The van der Waals surface area contributed by atoms with Crippen LogP contribution in [-0.2, 0) is 11.2 Å². The lowest BCUT2D eigenvalue weighted by Crippen LogP contribution is -2.27. The summed E-state index contributed by atoms with van der Waals surface area (Å²) in [6.07, 6.45) is 3.12. The summed E-state index contributed by atoms with van der Waals surface area (Å²) in [7, 11) is 0. The van der Waals surface area contributed by atoms with Crippen molar-refractivity contribution >= 4 is 16.8 Å². The fourth-order valence-electron chi connectivity index (χ4n) is 2.46. The second-order valence-corrected chi connectivity index (χ2v) is 5.41. The molecule has 3 aromatic rings. The molecule has 0 radical (unpaired) electrons. The zero-order valence-corrected chi connectivity index (χ0v) is 12.9. The molecule has 1 aromatic heterocycles. The second kappa shape index (κ2) is 7.49. The van der Waals surface area contributed by atoms with Crippen molar-refractivity contribution in [1.29, 1.82) is 0 Å². The van der Waals surface area contributed by atoms with E-state index < -0.39 is 0 Å². The molecule has 2 N–H and O–H groups in total. The largest absolute Gasteiger partial charge is 0.493 e. The van der Waals surface area contributed by atoms with Gasteiger partial charge in [0, 0.05) is 18.3 Å². The van der Waals surface area contributed by atoms with Crippen LogP contribution in [-0.4, -0.2) is 24.0 Å². The first-order valence-electron chi connectivity index (χ1n) is 7.82. The molecule has 4 nitrogen and oxygen atoms in total. The van der Waals surface area contributed by atoms with Crippen LogP contribution in [0, 0.1) is 0 Å². The van der Waals surface area contributed by atoms with Gasteiger partial charge in [0.25, 0.3) is 0 Å². The van der Waals surface area contributed by atoms with E-state index in [1.54, 1.807) is 0 Å². The number of hydrogen-bond acceptors (Lipinski definition) is 2. The van der Waals surface area contributed by atoms with E-state index in [9.17, 15) is 4.79 Å². The zero-order valence-electron chi connectivity index (χ0n) is 12.9. The highest BCUT2D eigenvalue weighted by atomic mass is 16.5. The molecule has 0 atom stereocenters. The highest BCUT2D eigenvalue weighted by Crippen LogP contribution is 2.14. The van der Waals surface area contributed by atoms with Crippen molar-refractivity contribution < 1.29 is 9.53 Å². The van der Waals surface area contributed by atoms with E-state index in [4.69, 9.17) is 4.74 Å². The van der Waals surface area contributed by atoms with Crippen molar-refractivity contribution in [2.24, 2.45) is 0 Å². The third-order valence-corrected chi connectivity index (χ3v) is 3.70. The third kappa shape index (κ3) is 4.36. The van der Waals surface area contributed by atoms with Gasteiger partial charge in [-0.2, -0.15) is 0 Å². The molecule has 0 aliphatic carbocycles. The van der Waals surface area contributed by atoms with Gasteiger partial charge in [0.1, 0.15) is 5.75 Å². The van der Waals surface area contributed by atoms with Gasteiger partial charge in [-0.3, -0.25) is 4.79 Å². The van der Waals surface area contributed by atoms with Crippen molar-refractivity contribution in [2.45, 2.75) is 12.8 Å². The van der Waals surface area contributed by atoms with Crippen LogP contribution < -0.4 is 10.1 Å². The summed E-state index contributed by atoms with van der Waals surface area (Å²) in [4.78, 5) is 15.0. The second-order valence-electron chi connectivity index (χ2n) is 5.41. The van der Waals surface area contributed by atoms with Crippen LogP contribution in [0.4, 0.5) is 0 Å². The van der Waals surface area contributed by atoms with E-state index in [1.165, 1.54) is 10.9 Å². The van der Waals surface area contributed by atoms with Gasteiger partial charge in [-0.05, 0) is 41.6 Å². The molecule has 0 unspecified atom stereocenters. The van der Waals surface area contributed by atoms with Gasteiger partial charge in [-0.25, -0.2) is 0 Å². The van der Waals surface area contributed by atoms with Crippen LogP contribution >= 0.6 is 0 Å². The quantitative estimate of drug-likeness (QED) is 0.703.